The van der Waals surface area contributed by atoms with Crippen LogP contribution in [-0.2, 0) is 0 Å². The number of fused-ring (bicyclic) bond motifs is 4. The third-order valence-electron chi connectivity index (χ3n) is 6.46. The van der Waals surface area contributed by atoms with Gasteiger partial charge in [-0.05, 0) is 36.4 Å². The molecular weight excluding hydrogens is 452 g/mol. The lowest BCUT2D eigenvalue weighted by Crippen LogP contribution is -2.01. The lowest BCUT2D eigenvalue weighted by molar-refractivity contribution is 1.07. The summed E-state index contributed by atoms with van der Waals surface area (Å²) in [6, 6.07) is 37.5. The Labute approximate surface area is 206 Å². The number of rotatable bonds is 3. The van der Waals surface area contributed by atoms with Gasteiger partial charge in [-0.15, -0.1) is 0 Å². The standard InChI is InChI=1S/C30H19ClN4/c31-25-17-18-32-30-28(25)33-29(20-9-2-1-3-10-20)35(30)22-12-8-11-21(19-22)34-26-15-6-4-13-23(26)24-14-5-7-16-27(24)34/h1-19H. The summed E-state index contributed by atoms with van der Waals surface area (Å²) in [6.07, 6.45) is 1.73. The first-order valence-corrected chi connectivity index (χ1v) is 11.8. The van der Waals surface area contributed by atoms with E-state index >= 15 is 0 Å². The minimum Gasteiger partial charge on any atom is -0.309 e. The Morgan fingerprint density at radius 1 is 0.600 bits per heavy atom. The van der Waals surface area contributed by atoms with Crippen molar-refractivity contribution in [2.75, 3.05) is 0 Å². The molecule has 0 aliphatic heterocycles. The first-order valence-electron chi connectivity index (χ1n) is 11.5. The van der Waals surface area contributed by atoms with Gasteiger partial charge >= 0.3 is 0 Å². The van der Waals surface area contributed by atoms with Crippen LogP contribution in [0, 0.1) is 0 Å². The number of imidazole rings is 1. The van der Waals surface area contributed by atoms with Gasteiger partial charge in [0, 0.05) is 28.2 Å². The molecule has 166 valence electrons. The lowest BCUT2D eigenvalue weighted by Gasteiger charge is -2.13. The Morgan fingerprint density at radius 2 is 1.23 bits per heavy atom. The van der Waals surface area contributed by atoms with Gasteiger partial charge in [0.15, 0.2) is 5.65 Å². The second-order valence-corrected chi connectivity index (χ2v) is 8.90. The van der Waals surface area contributed by atoms with E-state index in [9.17, 15) is 0 Å². The Morgan fingerprint density at radius 3 is 1.94 bits per heavy atom. The summed E-state index contributed by atoms with van der Waals surface area (Å²) in [7, 11) is 0. The predicted octanol–water partition coefficient (Wildman–Crippen LogP) is 7.84. The average Bonchev–Trinajstić information content (AvgIpc) is 3.47. The fourth-order valence-corrected chi connectivity index (χ4v) is 5.12. The summed E-state index contributed by atoms with van der Waals surface area (Å²) < 4.78 is 4.41. The van der Waals surface area contributed by atoms with E-state index in [1.165, 1.54) is 21.8 Å². The summed E-state index contributed by atoms with van der Waals surface area (Å²) >= 11 is 6.54. The zero-order chi connectivity index (χ0) is 23.4. The molecule has 0 saturated carbocycles. The van der Waals surface area contributed by atoms with Crippen LogP contribution in [0.2, 0.25) is 5.02 Å². The monoisotopic (exact) mass is 470 g/mol. The Hall–Kier alpha value is -4.41. The maximum absolute atomic E-state index is 6.54. The second-order valence-electron chi connectivity index (χ2n) is 8.49. The number of hydrogen-bond acceptors (Lipinski definition) is 2. The molecule has 7 aromatic rings. The first-order chi connectivity index (χ1) is 17.3. The molecule has 5 heteroatoms. The van der Waals surface area contributed by atoms with Gasteiger partial charge in [0.05, 0.1) is 21.7 Å². The van der Waals surface area contributed by atoms with Gasteiger partial charge in [-0.25, -0.2) is 9.97 Å². The topological polar surface area (TPSA) is 35.6 Å². The number of benzene rings is 4. The molecular formula is C30H19ClN4. The highest BCUT2D eigenvalue weighted by Crippen LogP contribution is 2.34. The van der Waals surface area contributed by atoms with Gasteiger partial charge in [0.1, 0.15) is 11.3 Å². The highest BCUT2D eigenvalue weighted by Gasteiger charge is 2.18. The summed E-state index contributed by atoms with van der Waals surface area (Å²) in [5.74, 6) is 0.806. The molecule has 3 aromatic heterocycles. The number of pyridine rings is 1. The number of nitrogens with zero attached hydrogens (tertiary/aromatic N) is 4. The second kappa shape index (κ2) is 7.83. The highest BCUT2D eigenvalue weighted by molar-refractivity contribution is 6.34. The summed E-state index contributed by atoms with van der Waals surface area (Å²) in [5.41, 5.74) is 6.81. The van der Waals surface area contributed by atoms with E-state index in [0.717, 1.165) is 28.4 Å². The molecule has 0 unspecified atom stereocenters. The van der Waals surface area contributed by atoms with E-state index in [1.54, 1.807) is 12.3 Å². The maximum atomic E-state index is 6.54. The number of hydrogen-bond donors (Lipinski definition) is 0. The van der Waals surface area contributed by atoms with Gasteiger partial charge in [0.2, 0.25) is 0 Å². The normalized spacial score (nSPS) is 11.6. The molecule has 0 spiro atoms. The molecule has 0 N–H and O–H groups in total. The van der Waals surface area contributed by atoms with Crippen LogP contribution >= 0.6 is 11.6 Å². The van der Waals surface area contributed by atoms with Crippen LogP contribution in [0.3, 0.4) is 0 Å². The molecule has 0 amide bonds. The Balaban J connectivity index is 1.53. The van der Waals surface area contributed by atoms with Gasteiger partial charge in [-0.3, -0.25) is 4.57 Å². The third-order valence-corrected chi connectivity index (χ3v) is 6.76. The Bertz CT molecular complexity index is 1810. The van der Waals surface area contributed by atoms with Crippen LogP contribution in [0.25, 0.3) is 55.7 Å². The molecule has 0 aliphatic carbocycles. The van der Waals surface area contributed by atoms with Gasteiger partial charge in [-0.1, -0.05) is 84.4 Å². The fourth-order valence-electron chi connectivity index (χ4n) is 4.94. The van der Waals surface area contributed by atoms with Crippen molar-refractivity contribution in [2.24, 2.45) is 0 Å². The van der Waals surface area contributed by atoms with Crippen LogP contribution in [0.4, 0.5) is 0 Å². The maximum Gasteiger partial charge on any atom is 0.166 e. The molecule has 0 atom stereocenters. The van der Waals surface area contributed by atoms with Gasteiger partial charge in [0.25, 0.3) is 0 Å². The van der Waals surface area contributed by atoms with Crippen LogP contribution in [0.1, 0.15) is 0 Å². The van der Waals surface area contributed by atoms with Crippen LogP contribution < -0.4 is 0 Å². The summed E-state index contributed by atoms with van der Waals surface area (Å²) in [5, 5.41) is 3.06. The molecule has 0 aliphatic rings. The van der Waals surface area contributed by atoms with Crippen molar-refractivity contribution in [3.8, 4) is 22.8 Å². The van der Waals surface area contributed by atoms with E-state index in [4.69, 9.17) is 16.6 Å². The molecule has 7 rings (SSSR count). The fraction of sp³-hybridized carbons (Fsp3) is 0. The van der Waals surface area contributed by atoms with Crippen LogP contribution in [0.5, 0.6) is 0 Å². The number of halogens is 1. The quantitative estimate of drug-likeness (QED) is 0.263. The predicted molar refractivity (Wildman–Crippen MR) is 144 cm³/mol. The minimum atomic E-state index is 0.587. The SMILES string of the molecule is Clc1ccnc2c1nc(-c1ccccc1)n2-c1cccc(-n2c3ccccc3c3ccccc32)c1. The van der Waals surface area contributed by atoms with E-state index in [-0.39, 0.29) is 0 Å². The average molecular weight is 471 g/mol. The van der Waals surface area contributed by atoms with Crippen molar-refractivity contribution < 1.29 is 0 Å². The Kier molecular flexibility index (Phi) is 4.47. The van der Waals surface area contributed by atoms with Gasteiger partial charge < -0.3 is 4.57 Å². The van der Waals surface area contributed by atoms with Crippen molar-refractivity contribution in [3.05, 3.63) is 120 Å². The van der Waals surface area contributed by atoms with Crippen molar-refractivity contribution in [2.45, 2.75) is 0 Å². The zero-order valence-corrected chi connectivity index (χ0v) is 19.4. The van der Waals surface area contributed by atoms with E-state index in [0.29, 0.717) is 10.5 Å². The zero-order valence-electron chi connectivity index (χ0n) is 18.6. The largest absolute Gasteiger partial charge is 0.309 e. The van der Waals surface area contributed by atoms with Crippen molar-refractivity contribution in [1.29, 1.82) is 0 Å². The van der Waals surface area contributed by atoms with E-state index in [1.807, 2.05) is 18.2 Å². The smallest absolute Gasteiger partial charge is 0.166 e. The summed E-state index contributed by atoms with van der Waals surface area (Å²) in [4.78, 5) is 9.58. The minimum absolute atomic E-state index is 0.587. The number of aromatic nitrogens is 4. The highest BCUT2D eigenvalue weighted by atomic mass is 35.5. The van der Waals surface area contributed by atoms with Gasteiger partial charge in [-0.2, -0.15) is 0 Å². The molecule has 0 fully saturated rings. The molecule has 4 aromatic carbocycles. The third kappa shape index (κ3) is 3.07. The van der Waals surface area contributed by atoms with E-state index in [2.05, 4.69) is 99.0 Å². The molecule has 4 nitrogen and oxygen atoms in total. The molecule has 0 bridgehead atoms. The molecule has 3 heterocycles. The summed E-state index contributed by atoms with van der Waals surface area (Å²) in [6.45, 7) is 0. The first kappa shape index (κ1) is 20.0. The van der Waals surface area contributed by atoms with Crippen molar-refractivity contribution in [1.82, 2.24) is 19.1 Å². The number of para-hydroxylation sites is 2. The van der Waals surface area contributed by atoms with Crippen LogP contribution in [0.15, 0.2) is 115 Å². The molecule has 0 saturated heterocycles. The lowest BCUT2D eigenvalue weighted by atomic mass is 10.2. The van der Waals surface area contributed by atoms with Crippen molar-refractivity contribution in [3.63, 3.8) is 0 Å². The van der Waals surface area contributed by atoms with Crippen molar-refractivity contribution >= 4 is 44.6 Å². The molecule has 0 radical (unpaired) electrons. The van der Waals surface area contributed by atoms with E-state index < -0.39 is 0 Å². The molecule has 35 heavy (non-hydrogen) atoms. The van der Waals surface area contributed by atoms with Crippen LogP contribution in [-0.4, -0.2) is 19.1 Å².